The van der Waals surface area contributed by atoms with Gasteiger partial charge < -0.3 is 14.6 Å². The van der Waals surface area contributed by atoms with E-state index < -0.39 is 0 Å². The molecule has 0 saturated carbocycles. The van der Waals surface area contributed by atoms with Crippen molar-refractivity contribution in [3.05, 3.63) is 59.5 Å². The third-order valence-corrected chi connectivity index (χ3v) is 4.52. The zero-order valence-electron chi connectivity index (χ0n) is 13.8. The summed E-state index contributed by atoms with van der Waals surface area (Å²) in [5, 5.41) is 2.99. The molecule has 2 heterocycles. The topological polar surface area (TPSA) is 62.6 Å². The highest BCUT2D eigenvalue weighted by Crippen LogP contribution is 2.21. The van der Waals surface area contributed by atoms with Gasteiger partial charge in [-0.1, -0.05) is 30.3 Å². The third-order valence-electron chi connectivity index (χ3n) is 4.52. The molecule has 1 aliphatic heterocycles. The fourth-order valence-electron chi connectivity index (χ4n) is 3.01. The number of aryl methyl sites for hydroxylation is 1. The standard InChI is InChI=1S/C19H22N2O3/c1-14-9-12-24-17(14)19(23)21-10-7-16(8-11-21)18(22)20-13-15-5-3-2-4-6-15/h2-6,9,12,16H,7-8,10-11,13H2,1H3,(H,20,22). The molecule has 0 radical (unpaired) electrons. The number of hydrogen-bond acceptors (Lipinski definition) is 3. The van der Waals surface area contributed by atoms with Crippen molar-refractivity contribution in [3.8, 4) is 0 Å². The van der Waals surface area contributed by atoms with Gasteiger partial charge in [-0.3, -0.25) is 9.59 Å². The molecule has 126 valence electrons. The summed E-state index contributed by atoms with van der Waals surface area (Å²) in [6.07, 6.45) is 2.91. The molecule has 2 aromatic rings. The van der Waals surface area contributed by atoms with E-state index in [0.29, 0.717) is 38.2 Å². The monoisotopic (exact) mass is 326 g/mol. The number of likely N-dealkylation sites (tertiary alicyclic amines) is 1. The Morgan fingerprint density at radius 3 is 2.50 bits per heavy atom. The molecule has 0 bridgehead atoms. The van der Waals surface area contributed by atoms with Crippen LogP contribution in [0.3, 0.4) is 0 Å². The number of amides is 2. The smallest absolute Gasteiger partial charge is 0.289 e. The Hall–Kier alpha value is -2.56. The third kappa shape index (κ3) is 3.67. The van der Waals surface area contributed by atoms with E-state index in [0.717, 1.165) is 11.1 Å². The summed E-state index contributed by atoms with van der Waals surface area (Å²) >= 11 is 0. The Balaban J connectivity index is 1.49. The summed E-state index contributed by atoms with van der Waals surface area (Å²) < 4.78 is 5.27. The largest absolute Gasteiger partial charge is 0.459 e. The van der Waals surface area contributed by atoms with Gasteiger partial charge in [0.05, 0.1) is 6.26 Å². The molecule has 0 unspecified atom stereocenters. The number of nitrogens with one attached hydrogen (secondary N) is 1. The molecule has 1 aromatic heterocycles. The van der Waals surface area contributed by atoms with Crippen LogP contribution in [0.1, 0.15) is 34.5 Å². The summed E-state index contributed by atoms with van der Waals surface area (Å²) in [6, 6.07) is 11.7. The molecule has 1 aromatic carbocycles. The Labute approximate surface area is 141 Å². The van der Waals surface area contributed by atoms with Crippen molar-refractivity contribution in [2.75, 3.05) is 13.1 Å². The van der Waals surface area contributed by atoms with Crippen molar-refractivity contribution in [3.63, 3.8) is 0 Å². The van der Waals surface area contributed by atoms with E-state index >= 15 is 0 Å². The molecule has 1 saturated heterocycles. The molecule has 5 heteroatoms. The van der Waals surface area contributed by atoms with Gasteiger partial charge in [0.1, 0.15) is 0 Å². The number of hydrogen-bond donors (Lipinski definition) is 1. The van der Waals surface area contributed by atoms with Crippen LogP contribution in [0.25, 0.3) is 0 Å². The molecule has 0 aliphatic carbocycles. The SMILES string of the molecule is Cc1ccoc1C(=O)N1CCC(C(=O)NCc2ccccc2)CC1. The first-order chi connectivity index (χ1) is 11.6. The first-order valence-corrected chi connectivity index (χ1v) is 8.30. The van der Waals surface area contributed by atoms with Gasteiger partial charge in [-0.05, 0) is 31.4 Å². The first kappa shape index (κ1) is 16.3. The van der Waals surface area contributed by atoms with Gasteiger partial charge in [0.2, 0.25) is 5.91 Å². The summed E-state index contributed by atoms with van der Waals surface area (Å²) in [5.74, 6) is 0.359. The average molecular weight is 326 g/mol. The Bertz CT molecular complexity index is 700. The van der Waals surface area contributed by atoms with Crippen LogP contribution in [0.2, 0.25) is 0 Å². The van der Waals surface area contributed by atoms with Gasteiger partial charge in [0.25, 0.3) is 5.91 Å². The van der Waals surface area contributed by atoms with Crippen LogP contribution in [0.15, 0.2) is 47.1 Å². The number of nitrogens with zero attached hydrogens (tertiary/aromatic N) is 1. The lowest BCUT2D eigenvalue weighted by Gasteiger charge is -2.31. The number of carbonyl (C=O) groups is 2. The van der Waals surface area contributed by atoms with Crippen molar-refractivity contribution in [2.45, 2.75) is 26.3 Å². The van der Waals surface area contributed by atoms with Gasteiger partial charge in [0, 0.05) is 31.1 Å². The van der Waals surface area contributed by atoms with Crippen LogP contribution >= 0.6 is 0 Å². The van der Waals surface area contributed by atoms with E-state index in [2.05, 4.69) is 5.32 Å². The Kier molecular flexibility index (Phi) is 4.99. The van der Waals surface area contributed by atoms with E-state index in [-0.39, 0.29) is 17.7 Å². The van der Waals surface area contributed by atoms with Crippen LogP contribution in [0.4, 0.5) is 0 Å². The minimum absolute atomic E-state index is 0.0320. The van der Waals surface area contributed by atoms with Crippen molar-refractivity contribution in [2.24, 2.45) is 5.92 Å². The summed E-state index contributed by atoms with van der Waals surface area (Å²) in [4.78, 5) is 26.5. The first-order valence-electron chi connectivity index (χ1n) is 8.30. The van der Waals surface area contributed by atoms with E-state index in [4.69, 9.17) is 4.42 Å². The van der Waals surface area contributed by atoms with Gasteiger partial charge in [0.15, 0.2) is 5.76 Å². The highest BCUT2D eigenvalue weighted by molar-refractivity contribution is 5.93. The molecular formula is C19H22N2O3. The molecule has 1 N–H and O–H groups in total. The molecule has 1 fully saturated rings. The quantitative estimate of drug-likeness (QED) is 0.940. The zero-order valence-corrected chi connectivity index (χ0v) is 13.8. The Morgan fingerprint density at radius 1 is 1.17 bits per heavy atom. The maximum atomic E-state index is 12.4. The molecule has 24 heavy (non-hydrogen) atoms. The predicted molar refractivity (Wildman–Crippen MR) is 90.4 cm³/mol. The van der Waals surface area contributed by atoms with E-state index in [1.54, 1.807) is 11.0 Å². The molecule has 1 aliphatic rings. The molecule has 0 atom stereocenters. The van der Waals surface area contributed by atoms with Gasteiger partial charge in [-0.15, -0.1) is 0 Å². The maximum absolute atomic E-state index is 12.4. The summed E-state index contributed by atoms with van der Waals surface area (Å²) in [7, 11) is 0. The normalized spacial score (nSPS) is 15.3. The number of furan rings is 1. The van der Waals surface area contributed by atoms with Crippen molar-refractivity contribution in [1.82, 2.24) is 10.2 Å². The molecule has 2 amide bonds. The minimum Gasteiger partial charge on any atom is -0.459 e. The zero-order chi connectivity index (χ0) is 16.9. The van der Waals surface area contributed by atoms with E-state index in [9.17, 15) is 9.59 Å². The van der Waals surface area contributed by atoms with Gasteiger partial charge in [-0.25, -0.2) is 0 Å². The highest BCUT2D eigenvalue weighted by Gasteiger charge is 2.29. The minimum atomic E-state index is -0.0827. The predicted octanol–water partition coefficient (Wildman–Crippen LogP) is 2.76. The second-order valence-corrected chi connectivity index (χ2v) is 6.20. The fraction of sp³-hybridized carbons (Fsp3) is 0.368. The van der Waals surface area contributed by atoms with E-state index in [1.165, 1.54) is 6.26 Å². The lowest BCUT2D eigenvalue weighted by molar-refractivity contribution is -0.126. The van der Waals surface area contributed by atoms with Crippen molar-refractivity contribution < 1.29 is 14.0 Å². The van der Waals surface area contributed by atoms with Crippen molar-refractivity contribution in [1.29, 1.82) is 0 Å². The van der Waals surface area contributed by atoms with E-state index in [1.807, 2.05) is 37.3 Å². The van der Waals surface area contributed by atoms with Gasteiger partial charge >= 0.3 is 0 Å². The van der Waals surface area contributed by atoms with Crippen LogP contribution in [-0.2, 0) is 11.3 Å². The van der Waals surface area contributed by atoms with Crippen LogP contribution < -0.4 is 5.32 Å². The fourth-order valence-corrected chi connectivity index (χ4v) is 3.01. The lowest BCUT2D eigenvalue weighted by Crippen LogP contribution is -2.43. The summed E-state index contributed by atoms with van der Waals surface area (Å²) in [5.41, 5.74) is 1.94. The van der Waals surface area contributed by atoms with Gasteiger partial charge in [-0.2, -0.15) is 0 Å². The number of rotatable bonds is 4. The van der Waals surface area contributed by atoms with Crippen LogP contribution in [0, 0.1) is 12.8 Å². The molecule has 3 rings (SSSR count). The second kappa shape index (κ2) is 7.34. The lowest BCUT2D eigenvalue weighted by atomic mass is 9.95. The van der Waals surface area contributed by atoms with Crippen molar-refractivity contribution >= 4 is 11.8 Å². The van der Waals surface area contributed by atoms with Crippen LogP contribution in [-0.4, -0.2) is 29.8 Å². The van der Waals surface area contributed by atoms with Crippen LogP contribution in [0.5, 0.6) is 0 Å². The molecular weight excluding hydrogens is 304 g/mol. The molecule has 0 spiro atoms. The maximum Gasteiger partial charge on any atom is 0.289 e. The highest BCUT2D eigenvalue weighted by atomic mass is 16.3. The number of benzene rings is 1. The second-order valence-electron chi connectivity index (χ2n) is 6.20. The number of carbonyl (C=O) groups excluding carboxylic acids is 2. The Morgan fingerprint density at radius 2 is 1.88 bits per heavy atom. The average Bonchev–Trinajstić information content (AvgIpc) is 3.06. The summed E-state index contributed by atoms with van der Waals surface area (Å²) in [6.45, 7) is 3.58. The molecule has 5 nitrogen and oxygen atoms in total. The number of piperidine rings is 1.